The molecule has 0 rings (SSSR count). The zero-order valence-corrected chi connectivity index (χ0v) is 10.1. The van der Waals surface area contributed by atoms with Crippen LogP contribution in [0.2, 0.25) is 0 Å². The first-order chi connectivity index (χ1) is 6.48. The van der Waals surface area contributed by atoms with Crippen molar-refractivity contribution in [2.24, 2.45) is 5.92 Å². The fraction of sp³-hybridized carbons (Fsp3) is 1.00. The Hall–Kier alpha value is -0.120. The van der Waals surface area contributed by atoms with Crippen molar-refractivity contribution in [3.8, 4) is 0 Å². The summed E-state index contributed by atoms with van der Waals surface area (Å²) < 4.78 is 6.36. The van der Waals surface area contributed by atoms with Crippen molar-refractivity contribution in [1.82, 2.24) is 0 Å². The Balaban J connectivity index is 3.34. The number of aliphatic hydroxyl groups excluding tert-OH is 1. The lowest BCUT2D eigenvalue weighted by atomic mass is 10.1. The SMILES string of the molecule is CC(C)CCOCC[N+](C)(C)CCO. The molecule has 0 saturated heterocycles. The maximum absolute atomic E-state index is 8.82. The van der Waals surface area contributed by atoms with Crippen LogP contribution in [0.15, 0.2) is 0 Å². The Kier molecular flexibility index (Phi) is 7.15. The second kappa shape index (κ2) is 7.21. The van der Waals surface area contributed by atoms with Crippen molar-refractivity contribution in [2.45, 2.75) is 20.3 Å². The molecule has 0 radical (unpaired) electrons. The zero-order chi connectivity index (χ0) is 11.0. The van der Waals surface area contributed by atoms with E-state index >= 15 is 0 Å². The van der Waals surface area contributed by atoms with Gasteiger partial charge in [-0.3, -0.25) is 0 Å². The molecular formula is C11H26NO2+. The van der Waals surface area contributed by atoms with Crippen molar-refractivity contribution < 1.29 is 14.3 Å². The van der Waals surface area contributed by atoms with E-state index in [0.717, 1.165) is 43.1 Å². The van der Waals surface area contributed by atoms with E-state index in [1.54, 1.807) is 0 Å². The maximum Gasteiger partial charge on any atom is 0.102 e. The smallest absolute Gasteiger partial charge is 0.102 e. The van der Waals surface area contributed by atoms with Crippen LogP contribution < -0.4 is 0 Å². The maximum atomic E-state index is 8.82. The topological polar surface area (TPSA) is 29.5 Å². The van der Waals surface area contributed by atoms with Gasteiger partial charge in [0.2, 0.25) is 0 Å². The molecule has 0 aromatic rings. The van der Waals surface area contributed by atoms with Crippen LogP contribution in [0.3, 0.4) is 0 Å². The van der Waals surface area contributed by atoms with E-state index in [1.165, 1.54) is 0 Å². The van der Waals surface area contributed by atoms with Gasteiger partial charge in [-0.1, -0.05) is 13.8 Å². The molecule has 0 aromatic carbocycles. The van der Waals surface area contributed by atoms with Gasteiger partial charge in [-0.25, -0.2) is 0 Å². The van der Waals surface area contributed by atoms with Crippen molar-refractivity contribution in [2.75, 3.05) is 47.0 Å². The van der Waals surface area contributed by atoms with Crippen molar-refractivity contribution in [3.05, 3.63) is 0 Å². The molecule has 0 aromatic heterocycles. The zero-order valence-electron chi connectivity index (χ0n) is 10.1. The minimum absolute atomic E-state index is 0.249. The number of nitrogens with zero attached hydrogens (tertiary/aromatic N) is 1. The molecule has 0 aliphatic carbocycles. The van der Waals surface area contributed by atoms with Crippen LogP contribution in [-0.2, 0) is 4.74 Å². The first-order valence-electron chi connectivity index (χ1n) is 5.48. The quantitative estimate of drug-likeness (QED) is 0.474. The third kappa shape index (κ3) is 8.48. The van der Waals surface area contributed by atoms with Crippen molar-refractivity contribution in [1.29, 1.82) is 0 Å². The van der Waals surface area contributed by atoms with E-state index in [9.17, 15) is 0 Å². The molecule has 86 valence electrons. The molecule has 3 nitrogen and oxygen atoms in total. The first-order valence-corrected chi connectivity index (χ1v) is 5.48. The van der Waals surface area contributed by atoms with Gasteiger partial charge < -0.3 is 14.3 Å². The monoisotopic (exact) mass is 204 g/mol. The van der Waals surface area contributed by atoms with Gasteiger partial charge >= 0.3 is 0 Å². The molecule has 0 bridgehead atoms. The van der Waals surface area contributed by atoms with Gasteiger partial charge in [-0.2, -0.15) is 0 Å². The molecule has 0 aliphatic heterocycles. The normalized spacial score (nSPS) is 12.4. The molecule has 0 aliphatic rings. The molecule has 0 unspecified atom stereocenters. The van der Waals surface area contributed by atoms with E-state index in [-0.39, 0.29) is 6.61 Å². The summed E-state index contributed by atoms with van der Waals surface area (Å²) in [4.78, 5) is 0. The Morgan fingerprint density at radius 1 is 1.14 bits per heavy atom. The lowest BCUT2D eigenvalue weighted by molar-refractivity contribution is -0.891. The molecule has 0 amide bonds. The molecule has 14 heavy (non-hydrogen) atoms. The number of hydrogen-bond donors (Lipinski definition) is 1. The van der Waals surface area contributed by atoms with Gasteiger partial charge in [0.05, 0.1) is 27.3 Å². The summed E-state index contributed by atoms with van der Waals surface area (Å²) in [5.74, 6) is 0.718. The molecule has 0 fully saturated rings. The highest BCUT2D eigenvalue weighted by molar-refractivity contribution is 4.42. The van der Waals surface area contributed by atoms with Crippen LogP contribution in [-0.4, -0.2) is 56.6 Å². The average molecular weight is 204 g/mol. The molecule has 1 N–H and O–H groups in total. The number of rotatable bonds is 8. The average Bonchev–Trinajstić information content (AvgIpc) is 2.02. The molecule has 0 atom stereocenters. The van der Waals surface area contributed by atoms with Crippen LogP contribution in [0.1, 0.15) is 20.3 Å². The predicted molar refractivity (Wildman–Crippen MR) is 59.2 cm³/mol. The third-order valence-electron chi connectivity index (χ3n) is 2.39. The molecule has 0 heterocycles. The fourth-order valence-corrected chi connectivity index (χ4v) is 1.12. The minimum Gasteiger partial charge on any atom is -0.391 e. The van der Waals surface area contributed by atoms with E-state index in [0.29, 0.717) is 0 Å². The highest BCUT2D eigenvalue weighted by Gasteiger charge is 2.12. The largest absolute Gasteiger partial charge is 0.391 e. The van der Waals surface area contributed by atoms with Gasteiger partial charge in [0.25, 0.3) is 0 Å². The second-order valence-electron chi connectivity index (χ2n) is 4.90. The molecule has 0 spiro atoms. The Morgan fingerprint density at radius 2 is 1.79 bits per heavy atom. The lowest BCUT2D eigenvalue weighted by Gasteiger charge is -2.28. The number of quaternary nitrogens is 1. The summed E-state index contributed by atoms with van der Waals surface area (Å²) >= 11 is 0. The standard InChI is InChI=1S/C11H26NO2/c1-11(2)5-9-14-10-7-12(3,4)6-8-13/h11,13H,5-10H2,1-4H3/q+1. The summed E-state index contributed by atoms with van der Waals surface area (Å²) in [6.45, 7) is 8.08. The van der Waals surface area contributed by atoms with Crippen LogP contribution in [0.4, 0.5) is 0 Å². The Labute approximate surface area is 88.3 Å². The predicted octanol–water partition coefficient (Wildman–Crippen LogP) is 1.12. The number of hydrogen-bond acceptors (Lipinski definition) is 2. The van der Waals surface area contributed by atoms with Crippen LogP contribution >= 0.6 is 0 Å². The van der Waals surface area contributed by atoms with Gasteiger partial charge in [0.1, 0.15) is 13.1 Å². The number of likely N-dealkylation sites (N-methyl/N-ethyl adjacent to an activating group) is 1. The summed E-state index contributed by atoms with van der Waals surface area (Å²) in [7, 11) is 4.23. The summed E-state index contributed by atoms with van der Waals surface area (Å²) in [5.41, 5.74) is 0. The van der Waals surface area contributed by atoms with E-state index in [1.807, 2.05) is 0 Å². The molecule has 0 saturated carbocycles. The van der Waals surface area contributed by atoms with E-state index < -0.39 is 0 Å². The van der Waals surface area contributed by atoms with Gasteiger partial charge in [-0.05, 0) is 12.3 Å². The summed E-state index contributed by atoms with van der Waals surface area (Å²) in [6, 6.07) is 0. The van der Waals surface area contributed by atoms with Crippen LogP contribution in [0.25, 0.3) is 0 Å². The molecular weight excluding hydrogens is 178 g/mol. The van der Waals surface area contributed by atoms with Gasteiger partial charge in [-0.15, -0.1) is 0 Å². The highest BCUT2D eigenvalue weighted by atomic mass is 16.5. The van der Waals surface area contributed by atoms with E-state index in [4.69, 9.17) is 9.84 Å². The first kappa shape index (κ1) is 13.9. The lowest BCUT2D eigenvalue weighted by Crippen LogP contribution is -2.44. The molecule has 3 heteroatoms. The second-order valence-corrected chi connectivity index (χ2v) is 4.90. The van der Waals surface area contributed by atoms with Gasteiger partial charge in [0, 0.05) is 6.61 Å². The Morgan fingerprint density at radius 3 is 2.29 bits per heavy atom. The van der Waals surface area contributed by atoms with Crippen LogP contribution in [0, 0.1) is 5.92 Å². The minimum atomic E-state index is 0.249. The third-order valence-corrected chi connectivity index (χ3v) is 2.39. The highest BCUT2D eigenvalue weighted by Crippen LogP contribution is 2.00. The van der Waals surface area contributed by atoms with E-state index in [2.05, 4.69) is 27.9 Å². The van der Waals surface area contributed by atoms with Crippen molar-refractivity contribution in [3.63, 3.8) is 0 Å². The fourth-order valence-electron chi connectivity index (χ4n) is 1.12. The van der Waals surface area contributed by atoms with Gasteiger partial charge in [0.15, 0.2) is 0 Å². The summed E-state index contributed by atoms with van der Waals surface area (Å²) in [6.07, 6.45) is 1.13. The summed E-state index contributed by atoms with van der Waals surface area (Å²) in [5, 5.41) is 8.82. The van der Waals surface area contributed by atoms with Crippen LogP contribution in [0.5, 0.6) is 0 Å². The Bertz CT molecular complexity index is 135. The number of aliphatic hydroxyl groups is 1. The van der Waals surface area contributed by atoms with Crippen molar-refractivity contribution >= 4 is 0 Å². The number of ether oxygens (including phenoxy) is 1.